The van der Waals surface area contributed by atoms with Gasteiger partial charge in [-0.05, 0) is 49.4 Å². The molecule has 2 heterocycles. The van der Waals surface area contributed by atoms with E-state index in [4.69, 9.17) is 0 Å². The van der Waals surface area contributed by atoms with Crippen molar-refractivity contribution in [1.82, 2.24) is 19.9 Å². The van der Waals surface area contributed by atoms with Crippen LogP contribution in [-0.2, 0) is 19.6 Å². The first-order chi connectivity index (χ1) is 17.6. The van der Waals surface area contributed by atoms with Crippen LogP contribution >= 0.6 is 0 Å². The number of nitrogens with one attached hydrogen (secondary N) is 3. The fourth-order valence-corrected chi connectivity index (χ4v) is 5.97. The maximum atomic E-state index is 13.2. The first-order valence-electron chi connectivity index (χ1n) is 12.4. The normalized spacial score (nSPS) is 17.9. The molecule has 2 aromatic carbocycles. The number of benzene rings is 2. The Kier molecular flexibility index (Phi) is 8.09. The first kappa shape index (κ1) is 26.6. The minimum Gasteiger partial charge on any atom is -0.351 e. The van der Waals surface area contributed by atoms with E-state index in [1.807, 2.05) is 38.1 Å². The Hall–Kier alpha value is -3.50. The van der Waals surface area contributed by atoms with Gasteiger partial charge in [0.15, 0.2) is 5.78 Å². The third-order valence-electron chi connectivity index (χ3n) is 6.42. The number of sulfonamides is 1. The predicted molar refractivity (Wildman–Crippen MR) is 140 cm³/mol. The number of carbonyl (C=O) groups is 3. The number of nitrogens with zero attached hydrogens (tertiary/aromatic N) is 1. The molecule has 0 radical (unpaired) electrons. The molecule has 1 saturated heterocycles. The molecule has 1 aliphatic rings. The predicted octanol–water partition coefficient (Wildman–Crippen LogP) is 2.85. The van der Waals surface area contributed by atoms with Gasteiger partial charge < -0.3 is 15.6 Å². The van der Waals surface area contributed by atoms with Gasteiger partial charge in [-0.15, -0.1) is 0 Å². The maximum absolute atomic E-state index is 13.2. The molecule has 37 heavy (non-hydrogen) atoms. The SMILES string of the molecule is CC(C)C[C@@H](NC(=O)c1cc2ccccc2[nH]1)C(=O)N[C@@H]1CCCN(S(=O)(=O)c2ccccc2)CC1=O. The van der Waals surface area contributed by atoms with Crippen molar-refractivity contribution in [3.63, 3.8) is 0 Å². The van der Waals surface area contributed by atoms with Crippen molar-refractivity contribution in [3.05, 3.63) is 66.4 Å². The van der Waals surface area contributed by atoms with Gasteiger partial charge in [0.05, 0.1) is 17.5 Å². The number of aromatic amines is 1. The molecule has 3 N–H and O–H groups in total. The topological polar surface area (TPSA) is 128 Å². The number of Topliss-reactive ketones (excluding diaryl/α,β-unsaturated/α-hetero) is 1. The lowest BCUT2D eigenvalue weighted by Crippen LogP contribution is -2.52. The average molecular weight is 525 g/mol. The average Bonchev–Trinajstić information content (AvgIpc) is 3.23. The zero-order chi connectivity index (χ0) is 26.6. The fourth-order valence-electron chi connectivity index (χ4n) is 4.50. The number of aromatic nitrogens is 1. The van der Waals surface area contributed by atoms with Crippen molar-refractivity contribution in [2.75, 3.05) is 13.1 Å². The summed E-state index contributed by atoms with van der Waals surface area (Å²) in [4.78, 5) is 42.4. The highest BCUT2D eigenvalue weighted by atomic mass is 32.2. The summed E-state index contributed by atoms with van der Waals surface area (Å²) in [5.41, 5.74) is 1.16. The van der Waals surface area contributed by atoms with Crippen molar-refractivity contribution >= 4 is 38.5 Å². The van der Waals surface area contributed by atoms with Crippen molar-refractivity contribution < 1.29 is 22.8 Å². The van der Waals surface area contributed by atoms with Crippen LogP contribution in [0.5, 0.6) is 0 Å². The molecule has 0 bridgehead atoms. The summed E-state index contributed by atoms with van der Waals surface area (Å²) in [6, 6.07) is 15.5. The van der Waals surface area contributed by atoms with E-state index in [-0.39, 0.29) is 29.7 Å². The van der Waals surface area contributed by atoms with Crippen LogP contribution < -0.4 is 10.6 Å². The summed E-state index contributed by atoms with van der Waals surface area (Å²) >= 11 is 0. The molecule has 1 aromatic heterocycles. The lowest BCUT2D eigenvalue weighted by Gasteiger charge is -2.23. The van der Waals surface area contributed by atoms with Gasteiger partial charge in [-0.2, -0.15) is 4.31 Å². The van der Waals surface area contributed by atoms with Gasteiger partial charge >= 0.3 is 0 Å². The van der Waals surface area contributed by atoms with E-state index in [0.29, 0.717) is 25.0 Å². The third-order valence-corrected chi connectivity index (χ3v) is 8.28. The van der Waals surface area contributed by atoms with Gasteiger partial charge in [0, 0.05) is 17.4 Å². The van der Waals surface area contributed by atoms with Crippen LogP contribution in [0.25, 0.3) is 10.9 Å². The summed E-state index contributed by atoms with van der Waals surface area (Å²) in [5.74, 6) is -1.15. The van der Waals surface area contributed by atoms with Crippen molar-refractivity contribution in [2.24, 2.45) is 5.92 Å². The number of ketones is 1. The minimum absolute atomic E-state index is 0.107. The third kappa shape index (κ3) is 6.26. The number of hydrogen-bond acceptors (Lipinski definition) is 5. The van der Waals surface area contributed by atoms with Gasteiger partial charge in [-0.25, -0.2) is 8.42 Å². The molecule has 1 aliphatic heterocycles. The molecule has 1 fully saturated rings. The molecule has 2 amide bonds. The fraction of sp³-hybridized carbons (Fsp3) is 0.370. The second-order valence-corrected chi connectivity index (χ2v) is 11.7. The number of H-pyrrole nitrogens is 1. The number of para-hydroxylation sites is 1. The Balaban J connectivity index is 1.44. The molecule has 9 nitrogen and oxygen atoms in total. The molecule has 10 heteroatoms. The van der Waals surface area contributed by atoms with E-state index in [0.717, 1.165) is 10.9 Å². The summed E-state index contributed by atoms with van der Waals surface area (Å²) in [7, 11) is -3.82. The standard InChI is InChI=1S/C27H32N4O5S/c1-18(2)15-23(30-27(34)24-16-19-9-6-7-12-21(19)28-24)26(33)29-22-13-8-14-31(17-25(22)32)37(35,36)20-10-4-3-5-11-20/h3-7,9-12,16,18,22-23,28H,8,13-15,17H2,1-2H3,(H,29,33)(H,30,34)/t22-,23-/m1/s1. The van der Waals surface area contributed by atoms with E-state index in [1.165, 1.54) is 16.4 Å². The molecule has 3 aromatic rings. The van der Waals surface area contributed by atoms with Crippen LogP contribution in [-0.4, -0.2) is 60.5 Å². The lowest BCUT2D eigenvalue weighted by molar-refractivity contribution is -0.129. The van der Waals surface area contributed by atoms with Gasteiger partial charge in [0.1, 0.15) is 11.7 Å². The minimum atomic E-state index is -3.82. The van der Waals surface area contributed by atoms with Crippen LogP contribution in [0.15, 0.2) is 65.6 Å². The zero-order valence-corrected chi connectivity index (χ0v) is 21.8. The zero-order valence-electron chi connectivity index (χ0n) is 20.9. The van der Waals surface area contributed by atoms with E-state index in [1.54, 1.807) is 24.3 Å². The van der Waals surface area contributed by atoms with Gasteiger partial charge in [-0.3, -0.25) is 14.4 Å². The summed E-state index contributed by atoms with van der Waals surface area (Å²) in [6.07, 6.45) is 1.11. The Morgan fingerprint density at radius 3 is 2.49 bits per heavy atom. The molecule has 2 atom stereocenters. The van der Waals surface area contributed by atoms with E-state index < -0.39 is 33.9 Å². The first-order valence-corrected chi connectivity index (χ1v) is 13.9. The number of amides is 2. The van der Waals surface area contributed by atoms with Crippen LogP contribution in [0, 0.1) is 5.92 Å². The Bertz CT molecular complexity index is 1350. The van der Waals surface area contributed by atoms with Crippen LogP contribution in [0.4, 0.5) is 0 Å². The Morgan fingerprint density at radius 1 is 1.08 bits per heavy atom. The lowest BCUT2D eigenvalue weighted by atomic mass is 10.0. The van der Waals surface area contributed by atoms with E-state index >= 15 is 0 Å². The highest BCUT2D eigenvalue weighted by molar-refractivity contribution is 7.89. The number of carbonyl (C=O) groups excluding carboxylic acids is 3. The molecule has 4 rings (SSSR count). The van der Waals surface area contributed by atoms with Gasteiger partial charge in [0.25, 0.3) is 5.91 Å². The van der Waals surface area contributed by atoms with Crippen molar-refractivity contribution in [1.29, 1.82) is 0 Å². The summed E-state index contributed by atoms with van der Waals surface area (Å²) in [6.45, 7) is 3.75. The second kappa shape index (κ2) is 11.3. The van der Waals surface area contributed by atoms with Crippen molar-refractivity contribution in [3.8, 4) is 0 Å². The highest BCUT2D eigenvalue weighted by Gasteiger charge is 2.34. The monoisotopic (exact) mass is 524 g/mol. The quantitative estimate of drug-likeness (QED) is 0.417. The molecule has 0 saturated carbocycles. The van der Waals surface area contributed by atoms with Crippen LogP contribution in [0.1, 0.15) is 43.6 Å². The summed E-state index contributed by atoms with van der Waals surface area (Å²) < 4.78 is 27.2. The van der Waals surface area contributed by atoms with E-state index in [2.05, 4.69) is 15.6 Å². The molecular formula is C27H32N4O5S. The second-order valence-electron chi connectivity index (χ2n) is 9.75. The molecule has 0 aliphatic carbocycles. The number of rotatable bonds is 8. The van der Waals surface area contributed by atoms with Gasteiger partial charge in [0.2, 0.25) is 15.9 Å². The van der Waals surface area contributed by atoms with Gasteiger partial charge in [-0.1, -0.05) is 50.2 Å². The smallest absolute Gasteiger partial charge is 0.268 e. The molecule has 196 valence electrons. The largest absolute Gasteiger partial charge is 0.351 e. The summed E-state index contributed by atoms with van der Waals surface area (Å²) in [5, 5.41) is 6.46. The van der Waals surface area contributed by atoms with Crippen molar-refractivity contribution in [2.45, 2.75) is 50.1 Å². The number of hydrogen-bond donors (Lipinski definition) is 3. The number of fused-ring (bicyclic) bond motifs is 1. The molecular weight excluding hydrogens is 492 g/mol. The van der Waals surface area contributed by atoms with Crippen LogP contribution in [0.2, 0.25) is 0 Å². The van der Waals surface area contributed by atoms with Crippen LogP contribution in [0.3, 0.4) is 0 Å². The Morgan fingerprint density at radius 2 is 1.78 bits per heavy atom. The maximum Gasteiger partial charge on any atom is 0.268 e. The molecule has 0 spiro atoms. The van der Waals surface area contributed by atoms with E-state index in [9.17, 15) is 22.8 Å². The molecule has 0 unspecified atom stereocenters. The highest BCUT2D eigenvalue weighted by Crippen LogP contribution is 2.20. The Labute approximate surface area is 216 Å².